The summed E-state index contributed by atoms with van der Waals surface area (Å²) in [5.74, 6) is 0. The molecule has 6 aromatic carbocycles. The number of fused-ring (bicyclic) bond motifs is 5. The van der Waals surface area contributed by atoms with E-state index in [0.29, 0.717) is 0 Å². The number of nitrogens with zero attached hydrogens (tertiary/aromatic N) is 1. The molecular weight excluding hydrogens is 454 g/mol. The Bertz CT molecular complexity index is 1910. The van der Waals surface area contributed by atoms with Gasteiger partial charge in [-0.05, 0) is 58.7 Å². The first kappa shape index (κ1) is 20.0. The molecule has 0 unspecified atom stereocenters. The summed E-state index contributed by atoms with van der Waals surface area (Å²) in [7, 11) is 0. The van der Waals surface area contributed by atoms with Gasteiger partial charge in [-0.1, -0.05) is 103 Å². The van der Waals surface area contributed by atoms with Crippen LogP contribution in [0.15, 0.2) is 137 Å². The molecule has 7 aromatic rings. The van der Waals surface area contributed by atoms with Crippen molar-refractivity contribution in [3.8, 4) is 27.9 Å². The SMILES string of the molecule is c1ccc(-c2ccc3c(c2)-c2cccc4c(-n5c6ccccc6c6ccccc65)ccc(c24)S3)cc1. The van der Waals surface area contributed by atoms with Crippen LogP contribution in [0.25, 0.3) is 60.5 Å². The molecule has 1 nitrogen and oxygen atoms in total. The molecule has 2 heteroatoms. The van der Waals surface area contributed by atoms with Crippen molar-refractivity contribution >= 4 is 44.3 Å². The van der Waals surface area contributed by atoms with E-state index >= 15 is 0 Å². The second-order valence-corrected chi connectivity index (χ2v) is 10.4. The zero-order valence-electron chi connectivity index (χ0n) is 19.5. The molecule has 0 radical (unpaired) electrons. The third-order valence-electron chi connectivity index (χ3n) is 7.40. The van der Waals surface area contributed by atoms with Gasteiger partial charge >= 0.3 is 0 Å². The maximum Gasteiger partial charge on any atom is 0.0541 e. The Morgan fingerprint density at radius 3 is 1.89 bits per heavy atom. The van der Waals surface area contributed by atoms with E-state index in [1.54, 1.807) is 0 Å². The molecule has 0 bridgehead atoms. The van der Waals surface area contributed by atoms with Gasteiger partial charge in [0.1, 0.15) is 0 Å². The van der Waals surface area contributed by atoms with E-state index in [9.17, 15) is 0 Å². The van der Waals surface area contributed by atoms with Crippen LogP contribution in [-0.4, -0.2) is 4.57 Å². The van der Waals surface area contributed by atoms with Gasteiger partial charge in [0.05, 0.1) is 16.7 Å². The minimum atomic E-state index is 1.23. The summed E-state index contributed by atoms with van der Waals surface area (Å²) in [6.45, 7) is 0. The molecule has 168 valence electrons. The first-order chi connectivity index (χ1) is 17.9. The van der Waals surface area contributed by atoms with Crippen LogP contribution in [0, 0.1) is 0 Å². The first-order valence-electron chi connectivity index (χ1n) is 12.3. The molecule has 1 aromatic heterocycles. The van der Waals surface area contributed by atoms with Crippen molar-refractivity contribution in [2.45, 2.75) is 9.79 Å². The molecule has 1 aliphatic rings. The molecule has 0 fully saturated rings. The molecule has 0 aliphatic carbocycles. The Morgan fingerprint density at radius 1 is 0.444 bits per heavy atom. The van der Waals surface area contributed by atoms with Gasteiger partial charge < -0.3 is 4.57 Å². The fraction of sp³-hybridized carbons (Fsp3) is 0. The molecule has 0 spiro atoms. The van der Waals surface area contributed by atoms with Gasteiger partial charge in [-0.15, -0.1) is 0 Å². The molecule has 0 saturated heterocycles. The lowest BCUT2D eigenvalue weighted by molar-refractivity contribution is 1.19. The van der Waals surface area contributed by atoms with Crippen LogP contribution in [-0.2, 0) is 0 Å². The second-order valence-electron chi connectivity index (χ2n) is 9.36. The van der Waals surface area contributed by atoms with E-state index in [1.165, 1.54) is 70.3 Å². The van der Waals surface area contributed by atoms with Crippen molar-refractivity contribution in [1.29, 1.82) is 0 Å². The molecule has 0 saturated carbocycles. The van der Waals surface area contributed by atoms with Crippen molar-refractivity contribution in [3.05, 3.63) is 127 Å². The van der Waals surface area contributed by atoms with Gasteiger partial charge in [-0.25, -0.2) is 0 Å². The Kier molecular flexibility index (Phi) is 4.22. The van der Waals surface area contributed by atoms with E-state index < -0.39 is 0 Å². The molecule has 0 amide bonds. The number of benzene rings is 6. The minimum absolute atomic E-state index is 1.23. The highest BCUT2D eigenvalue weighted by Gasteiger charge is 2.22. The van der Waals surface area contributed by atoms with E-state index in [0.717, 1.165) is 0 Å². The fourth-order valence-corrected chi connectivity index (χ4v) is 6.91. The van der Waals surface area contributed by atoms with Gasteiger partial charge in [-0.2, -0.15) is 0 Å². The third-order valence-corrected chi connectivity index (χ3v) is 8.53. The smallest absolute Gasteiger partial charge is 0.0541 e. The zero-order chi connectivity index (χ0) is 23.6. The number of hydrogen-bond acceptors (Lipinski definition) is 1. The van der Waals surface area contributed by atoms with E-state index in [2.05, 4.69) is 132 Å². The van der Waals surface area contributed by atoms with E-state index in [-0.39, 0.29) is 0 Å². The standard InChI is InChI=1S/C34H21NS/c1-2-9-22(10-3-1)23-17-19-32-28(21-23)26-13-8-14-27-31(18-20-33(36-32)34(26)27)35-29-15-6-4-11-24(29)25-12-5-7-16-30(25)35/h1-21H. The Labute approximate surface area is 213 Å². The summed E-state index contributed by atoms with van der Waals surface area (Å²) < 4.78 is 2.44. The number of rotatable bonds is 2. The predicted molar refractivity (Wildman–Crippen MR) is 153 cm³/mol. The lowest BCUT2D eigenvalue weighted by Crippen LogP contribution is -1.99. The van der Waals surface area contributed by atoms with Crippen molar-refractivity contribution in [2.24, 2.45) is 0 Å². The van der Waals surface area contributed by atoms with Crippen LogP contribution in [0.5, 0.6) is 0 Å². The summed E-state index contributed by atoms with van der Waals surface area (Å²) in [5.41, 5.74) is 8.87. The van der Waals surface area contributed by atoms with Crippen LogP contribution in [0.1, 0.15) is 0 Å². The van der Waals surface area contributed by atoms with Crippen molar-refractivity contribution in [2.75, 3.05) is 0 Å². The fourth-order valence-electron chi connectivity index (χ4n) is 5.80. The second kappa shape index (κ2) is 7.61. The zero-order valence-corrected chi connectivity index (χ0v) is 20.3. The van der Waals surface area contributed by atoms with Crippen LogP contribution >= 0.6 is 11.8 Å². The molecule has 1 aliphatic heterocycles. The Morgan fingerprint density at radius 2 is 1.11 bits per heavy atom. The average molecular weight is 476 g/mol. The van der Waals surface area contributed by atoms with Gasteiger partial charge in [0, 0.05) is 31.3 Å². The molecule has 36 heavy (non-hydrogen) atoms. The summed E-state index contributed by atoms with van der Waals surface area (Å²) >= 11 is 1.88. The van der Waals surface area contributed by atoms with E-state index in [4.69, 9.17) is 0 Å². The average Bonchev–Trinajstić information content (AvgIpc) is 3.28. The lowest BCUT2D eigenvalue weighted by Gasteiger charge is -2.23. The van der Waals surface area contributed by atoms with Crippen LogP contribution in [0.3, 0.4) is 0 Å². The summed E-state index contributed by atoms with van der Waals surface area (Å²) in [4.78, 5) is 2.64. The van der Waals surface area contributed by atoms with Gasteiger partial charge in [0.25, 0.3) is 0 Å². The maximum atomic E-state index is 2.44. The van der Waals surface area contributed by atoms with Gasteiger partial charge in [0.15, 0.2) is 0 Å². The largest absolute Gasteiger partial charge is 0.309 e. The summed E-state index contributed by atoms with van der Waals surface area (Å²) in [5, 5.41) is 5.22. The summed E-state index contributed by atoms with van der Waals surface area (Å²) in [6.07, 6.45) is 0. The van der Waals surface area contributed by atoms with Crippen LogP contribution in [0.4, 0.5) is 0 Å². The van der Waals surface area contributed by atoms with E-state index in [1.807, 2.05) is 11.8 Å². The monoisotopic (exact) mass is 475 g/mol. The van der Waals surface area contributed by atoms with Gasteiger partial charge in [0.2, 0.25) is 0 Å². The molecule has 2 heterocycles. The van der Waals surface area contributed by atoms with Crippen LogP contribution < -0.4 is 0 Å². The number of para-hydroxylation sites is 2. The molecule has 8 rings (SSSR count). The molecule has 0 atom stereocenters. The van der Waals surface area contributed by atoms with Crippen molar-refractivity contribution in [3.63, 3.8) is 0 Å². The topological polar surface area (TPSA) is 4.93 Å². The minimum Gasteiger partial charge on any atom is -0.309 e. The Hall–Kier alpha value is -4.27. The molecular formula is C34H21NS. The normalized spacial score (nSPS) is 12.3. The Balaban J connectivity index is 1.43. The van der Waals surface area contributed by atoms with Crippen molar-refractivity contribution < 1.29 is 0 Å². The first-order valence-corrected chi connectivity index (χ1v) is 13.1. The summed E-state index contributed by atoms with van der Waals surface area (Å²) in [6, 6.07) is 46.4. The van der Waals surface area contributed by atoms with Crippen molar-refractivity contribution in [1.82, 2.24) is 4.57 Å². The van der Waals surface area contributed by atoms with Gasteiger partial charge in [-0.3, -0.25) is 0 Å². The highest BCUT2D eigenvalue weighted by molar-refractivity contribution is 7.99. The van der Waals surface area contributed by atoms with Crippen LogP contribution in [0.2, 0.25) is 0 Å². The number of aromatic nitrogens is 1. The predicted octanol–water partition coefficient (Wildman–Crippen LogP) is 9.74. The highest BCUT2D eigenvalue weighted by Crippen LogP contribution is 2.50. The maximum absolute atomic E-state index is 2.44. The molecule has 0 N–H and O–H groups in total. The third kappa shape index (κ3) is 2.79. The highest BCUT2D eigenvalue weighted by atomic mass is 32.2. The quantitative estimate of drug-likeness (QED) is 0.241. The lowest BCUT2D eigenvalue weighted by atomic mass is 9.94. The number of hydrogen-bond donors (Lipinski definition) is 0.